The maximum atomic E-state index is 11.8. The van der Waals surface area contributed by atoms with Gasteiger partial charge in [-0.1, -0.05) is 11.6 Å². The van der Waals surface area contributed by atoms with Gasteiger partial charge in [0.1, 0.15) is 0 Å². The zero-order chi connectivity index (χ0) is 13.5. The van der Waals surface area contributed by atoms with E-state index in [1.165, 1.54) is 6.07 Å². The average Bonchev–Trinajstić information content (AvgIpc) is 2.32. The zero-order valence-corrected chi connectivity index (χ0v) is 12.3. The second kappa shape index (κ2) is 8.74. The van der Waals surface area contributed by atoms with E-state index in [1.54, 1.807) is 19.2 Å². The van der Waals surface area contributed by atoms with Crippen molar-refractivity contribution >= 4 is 41.5 Å². The first-order chi connectivity index (χ1) is 8.58. The molecule has 1 aromatic carbocycles. The number of rotatable bonds is 5. The number of nitrogens with one attached hydrogen (secondary N) is 3. The lowest BCUT2D eigenvalue weighted by atomic mass is 10.1. The van der Waals surface area contributed by atoms with Crippen LogP contribution in [0.2, 0.25) is 5.02 Å². The number of benzene rings is 1. The van der Waals surface area contributed by atoms with Gasteiger partial charge in [0, 0.05) is 11.6 Å². The summed E-state index contributed by atoms with van der Waals surface area (Å²) in [6.07, 6.45) is 0. The molecule has 0 spiro atoms. The first-order valence-corrected chi connectivity index (χ1v) is 5.98. The molecule has 1 aromatic rings. The molecule has 2 amide bonds. The lowest BCUT2D eigenvalue weighted by molar-refractivity contribution is -0.115. The molecule has 0 aromatic heterocycles. The number of carbonyl (C=O) groups excluding carboxylic acids is 2. The van der Waals surface area contributed by atoms with E-state index in [0.29, 0.717) is 22.8 Å². The molecular weight excluding hydrogens is 289 g/mol. The minimum atomic E-state index is -0.264. The van der Waals surface area contributed by atoms with E-state index in [-0.39, 0.29) is 30.8 Å². The Balaban J connectivity index is 0.00000324. The molecule has 0 aliphatic rings. The number of hydrogen-bond donors (Lipinski definition) is 3. The number of carbonyl (C=O) groups is 2. The largest absolute Gasteiger partial charge is 0.352 e. The van der Waals surface area contributed by atoms with Crippen LogP contribution in [0.25, 0.3) is 0 Å². The Morgan fingerprint density at radius 1 is 1.32 bits per heavy atom. The first kappa shape index (κ1) is 17.7. The van der Waals surface area contributed by atoms with E-state index in [1.807, 2.05) is 6.92 Å². The molecule has 0 atom stereocenters. The molecule has 106 valence electrons. The second-order valence-corrected chi connectivity index (χ2v) is 4.06. The molecule has 0 bridgehead atoms. The normalized spacial score (nSPS) is 9.42. The summed E-state index contributed by atoms with van der Waals surface area (Å²) in [5, 5.41) is 8.51. The average molecular weight is 306 g/mol. The molecule has 0 heterocycles. The van der Waals surface area contributed by atoms with Gasteiger partial charge in [0.25, 0.3) is 5.91 Å². The van der Waals surface area contributed by atoms with Crippen LogP contribution in [-0.4, -0.2) is 32.0 Å². The van der Waals surface area contributed by atoms with E-state index < -0.39 is 0 Å². The fourth-order valence-corrected chi connectivity index (χ4v) is 1.60. The number of halogens is 2. The van der Waals surface area contributed by atoms with Crippen molar-refractivity contribution in [2.24, 2.45) is 0 Å². The smallest absolute Gasteiger partial charge is 0.253 e. The maximum Gasteiger partial charge on any atom is 0.253 e. The minimum Gasteiger partial charge on any atom is -0.352 e. The van der Waals surface area contributed by atoms with Gasteiger partial charge in [0.15, 0.2) is 0 Å². The van der Waals surface area contributed by atoms with Crippen molar-refractivity contribution in [2.75, 3.05) is 25.5 Å². The van der Waals surface area contributed by atoms with Gasteiger partial charge in [-0.25, -0.2) is 0 Å². The molecule has 0 saturated carbocycles. The quantitative estimate of drug-likeness (QED) is 0.775. The van der Waals surface area contributed by atoms with Gasteiger partial charge in [0.2, 0.25) is 5.91 Å². The van der Waals surface area contributed by atoms with Crippen LogP contribution in [0.3, 0.4) is 0 Å². The van der Waals surface area contributed by atoms with Gasteiger partial charge in [-0.05, 0) is 32.2 Å². The van der Waals surface area contributed by atoms with Crippen molar-refractivity contribution in [3.8, 4) is 0 Å². The SMILES string of the molecule is CCNC(=O)c1cc(Cl)ccc1NC(=O)CNC.Cl. The predicted octanol–water partition coefficient (Wildman–Crippen LogP) is 1.67. The van der Waals surface area contributed by atoms with Crippen LogP contribution in [0.1, 0.15) is 17.3 Å². The Morgan fingerprint density at radius 3 is 2.58 bits per heavy atom. The number of hydrogen-bond acceptors (Lipinski definition) is 3. The molecule has 3 N–H and O–H groups in total. The standard InChI is InChI=1S/C12H16ClN3O2.ClH/c1-3-15-12(18)9-6-8(13)4-5-10(9)16-11(17)7-14-2;/h4-6,14H,3,7H2,1-2H3,(H,15,18)(H,16,17);1H. The summed E-state index contributed by atoms with van der Waals surface area (Å²) in [6, 6.07) is 4.77. The van der Waals surface area contributed by atoms with Gasteiger partial charge in [-0.3, -0.25) is 9.59 Å². The van der Waals surface area contributed by atoms with Crippen molar-refractivity contribution in [1.29, 1.82) is 0 Å². The zero-order valence-electron chi connectivity index (χ0n) is 10.7. The van der Waals surface area contributed by atoms with Crippen LogP contribution in [0.5, 0.6) is 0 Å². The highest BCUT2D eigenvalue weighted by Crippen LogP contribution is 2.20. The third kappa shape index (κ3) is 5.46. The molecule has 7 heteroatoms. The fraction of sp³-hybridized carbons (Fsp3) is 0.333. The highest BCUT2D eigenvalue weighted by Gasteiger charge is 2.13. The summed E-state index contributed by atoms with van der Waals surface area (Å²) < 4.78 is 0. The molecule has 0 fully saturated rings. The molecular formula is C12H17Cl2N3O2. The molecule has 0 radical (unpaired) electrons. The van der Waals surface area contributed by atoms with Crippen molar-refractivity contribution < 1.29 is 9.59 Å². The summed E-state index contributed by atoms with van der Waals surface area (Å²) in [5.74, 6) is -0.481. The van der Waals surface area contributed by atoms with Crippen LogP contribution in [0.4, 0.5) is 5.69 Å². The van der Waals surface area contributed by atoms with Crippen LogP contribution in [0, 0.1) is 0 Å². The van der Waals surface area contributed by atoms with Crippen molar-refractivity contribution in [1.82, 2.24) is 10.6 Å². The van der Waals surface area contributed by atoms with Gasteiger partial charge < -0.3 is 16.0 Å². The highest BCUT2D eigenvalue weighted by atomic mass is 35.5. The Kier molecular flexibility index (Phi) is 8.14. The Labute approximate surface area is 123 Å². The van der Waals surface area contributed by atoms with Crippen LogP contribution < -0.4 is 16.0 Å². The Morgan fingerprint density at radius 2 is 2.00 bits per heavy atom. The summed E-state index contributed by atoms with van der Waals surface area (Å²) in [5.41, 5.74) is 0.805. The van der Waals surface area contributed by atoms with Crippen LogP contribution in [-0.2, 0) is 4.79 Å². The lowest BCUT2D eigenvalue weighted by Gasteiger charge is -2.11. The predicted molar refractivity (Wildman–Crippen MR) is 79.3 cm³/mol. The van der Waals surface area contributed by atoms with Gasteiger partial charge in [-0.2, -0.15) is 0 Å². The molecule has 19 heavy (non-hydrogen) atoms. The van der Waals surface area contributed by atoms with Gasteiger partial charge >= 0.3 is 0 Å². The summed E-state index contributed by atoms with van der Waals surface area (Å²) in [4.78, 5) is 23.3. The molecule has 5 nitrogen and oxygen atoms in total. The van der Waals surface area contributed by atoms with E-state index in [2.05, 4.69) is 16.0 Å². The lowest BCUT2D eigenvalue weighted by Crippen LogP contribution is -2.28. The maximum absolute atomic E-state index is 11.8. The number of amides is 2. The summed E-state index contributed by atoms with van der Waals surface area (Å²) in [6.45, 7) is 2.51. The molecule has 1 rings (SSSR count). The van der Waals surface area contributed by atoms with Crippen LogP contribution in [0.15, 0.2) is 18.2 Å². The van der Waals surface area contributed by atoms with E-state index in [9.17, 15) is 9.59 Å². The molecule has 0 aliphatic heterocycles. The number of anilines is 1. The Hall–Kier alpha value is -1.30. The van der Waals surface area contributed by atoms with E-state index in [4.69, 9.17) is 11.6 Å². The number of likely N-dealkylation sites (N-methyl/N-ethyl adjacent to an activating group) is 1. The minimum absolute atomic E-state index is 0. The topological polar surface area (TPSA) is 70.2 Å². The third-order valence-corrected chi connectivity index (χ3v) is 2.41. The van der Waals surface area contributed by atoms with E-state index in [0.717, 1.165) is 0 Å². The fourth-order valence-electron chi connectivity index (χ4n) is 1.42. The van der Waals surface area contributed by atoms with Crippen LogP contribution >= 0.6 is 24.0 Å². The van der Waals surface area contributed by atoms with Gasteiger partial charge in [0.05, 0.1) is 17.8 Å². The highest BCUT2D eigenvalue weighted by molar-refractivity contribution is 6.31. The van der Waals surface area contributed by atoms with Crippen molar-refractivity contribution in [3.63, 3.8) is 0 Å². The van der Waals surface area contributed by atoms with Crippen molar-refractivity contribution in [3.05, 3.63) is 28.8 Å². The monoisotopic (exact) mass is 305 g/mol. The molecule has 0 aliphatic carbocycles. The van der Waals surface area contributed by atoms with Crippen molar-refractivity contribution in [2.45, 2.75) is 6.92 Å². The molecule has 0 unspecified atom stereocenters. The van der Waals surface area contributed by atoms with E-state index >= 15 is 0 Å². The third-order valence-electron chi connectivity index (χ3n) is 2.17. The summed E-state index contributed by atoms with van der Waals surface area (Å²) in [7, 11) is 1.67. The first-order valence-electron chi connectivity index (χ1n) is 5.60. The second-order valence-electron chi connectivity index (χ2n) is 3.63. The molecule has 0 saturated heterocycles. The summed E-state index contributed by atoms with van der Waals surface area (Å²) >= 11 is 5.85. The Bertz CT molecular complexity index is 453. The van der Waals surface area contributed by atoms with Gasteiger partial charge in [-0.15, -0.1) is 12.4 Å².